The molecule has 3 rings (SSSR count). The molecule has 0 aliphatic rings. The number of para-hydroxylation sites is 1. The fourth-order valence-electron chi connectivity index (χ4n) is 3.85. The van der Waals surface area contributed by atoms with Gasteiger partial charge in [-0.05, 0) is 57.1 Å². The van der Waals surface area contributed by atoms with Crippen molar-refractivity contribution >= 4 is 0 Å². The lowest BCUT2D eigenvalue weighted by molar-refractivity contribution is 0.221. The van der Waals surface area contributed by atoms with Crippen molar-refractivity contribution in [3.63, 3.8) is 0 Å². The number of ether oxygens (including phenoxy) is 2. The molecule has 4 heteroatoms. The van der Waals surface area contributed by atoms with Crippen LogP contribution in [0.3, 0.4) is 0 Å². The van der Waals surface area contributed by atoms with E-state index in [1.807, 2.05) is 44.2 Å². The van der Waals surface area contributed by atoms with Gasteiger partial charge >= 0.3 is 0 Å². The van der Waals surface area contributed by atoms with Crippen molar-refractivity contribution < 1.29 is 14.6 Å². The van der Waals surface area contributed by atoms with E-state index in [9.17, 15) is 5.11 Å². The van der Waals surface area contributed by atoms with Crippen LogP contribution in [-0.2, 0) is 0 Å². The monoisotopic (exact) mass is 419 g/mol. The van der Waals surface area contributed by atoms with Crippen molar-refractivity contribution in [2.24, 2.45) is 0 Å². The Morgan fingerprint density at radius 2 is 1.52 bits per heavy atom. The van der Waals surface area contributed by atoms with Crippen LogP contribution in [0, 0.1) is 0 Å². The lowest BCUT2D eigenvalue weighted by atomic mass is 9.89. The lowest BCUT2D eigenvalue weighted by Gasteiger charge is -2.31. The van der Waals surface area contributed by atoms with E-state index in [1.165, 1.54) is 5.56 Å². The van der Waals surface area contributed by atoms with E-state index in [4.69, 9.17) is 9.47 Å². The number of likely N-dealkylation sites (N-methyl/N-ethyl adjacent to an activating group) is 1. The SMILES string of the molecule is COc1cccc([C@@H](CN(C)[C@H](C)c2ccccc2)c2ccc(O)cc2)c1OC(C)C. The number of aromatic hydroxyl groups is 1. The zero-order valence-electron chi connectivity index (χ0n) is 19.1. The van der Waals surface area contributed by atoms with Gasteiger partial charge in [0.1, 0.15) is 5.75 Å². The number of phenols is 1. The van der Waals surface area contributed by atoms with Gasteiger partial charge in [0, 0.05) is 24.1 Å². The van der Waals surface area contributed by atoms with Gasteiger partial charge in [-0.25, -0.2) is 0 Å². The summed E-state index contributed by atoms with van der Waals surface area (Å²) in [7, 11) is 3.82. The molecule has 1 N–H and O–H groups in total. The fraction of sp³-hybridized carbons (Fsp3) is 0.333. The summed E-state index contributed by atoms with van der Waals surface area (Å²) >= 11 is 0. The minimum atomic E-state index is 0.0245. The first-order valence-electron chi connectivity index (χ1n) is 10.8. The van der Waals surface area contributed by atoms with Crippen LogP contribution < -0.4 is 9.47 Å². The summed E-state index contributed by atoms with van der Waals surface area (Å²) in [6.45, 7) is 7.05. The zero-order chi connectivity index (χ0) is 22.4. The molecule has 0 heterocycles. The number of hydrogen-bond acceptors (Lipinski definition) is 4. The fourth-order valence-corrected chi connectivity index (χ4v) is 3.85. The minimum Gasteiger partial charge on any atom is -0.508 e. The molecular weight excluding hydrogens is 386 g/mol. The van der Waals surface area contributed by atoms with E-state index in [2.05, 4.69) is 49.2 Å². The first-order chi connectivity index (χ1) is 14.9. The van der Waals surface area contributed by atoms with Gasteiger partial charge in [0.15, 0.2) is 11.5 Å². The second-order valence-electron chi connectivity index (χ2n) is 8.22. The predicted molar refractivity (Wildman–Crippen MR) is 126 cm³/mol. The highest BCUT2D eigenvalue weighted by molar-refractivity contribution is 5.51. The molecule has 164 valence electrons. The topological polar surface area (TPSA) is 41.9 Å². The number of phenolic OH excluding ortho intramolecular Hbond substituents is 1. The van der Waals surface area contributed by atoms with Crippen molar-refractivity contribution in [2.75, 3.05) is 20.7 Å². The third-order valence-corrected chi connectivity index (χ3v) is 5.67. The highest BCUT2D eigenvalue weighted by Crippen LogP contribution is 2.40. The van der Waals surface area contributed by atoms with Gasteiger partial charge in [0.25, 0.3) is 0 Å². The molecule has 0 radical (unpaired) electrons. The Labute approximate surface area is 186 Å². The molecule has 0 spiro atoms. The van der Waals surface area contributed by atoms with Crippen LogP contribution in [0.5, 0.6) is 17.2 Å². The predicted octanol–water partition coefficient (Wildman–Crippen LogP) is 6.01. The molecule has 0 bridgehead atoms. The molecule has 0 aliphatic carbocycles. The van der Waals surface area contributed by atoms with Crippen molar-refractivity contribution in [2.45, 2.75) is 38.8 Å². The number of benzene rings is 3. The maximum absolute atomic E-state index is 9.83. The van der Waals surface area contributed by atoms with Gasteiger partial charge in [-0.3, -0.25) is 4.90 Å². The molecule has 31 heavy (non-hydrogen) atoms. The number of methoxy groups -OCH3 is 1. The van der Waals surface area contributed by atoms with Crippen molar-refractivity contribution in [3.8, 4) is 17.2 Å². The normalized spacial score (nSPS) is 13.3. The largest absolute Gasteiger partial charge is 0.508 e. The quantitative estimate of drug-likeness (QED) is 0.461. The van der Waals surface area contributed by atoms with Crippen LogP contribution in [0.25, 0.3) is 0 Å². The van der Waals surface area contributed by atoms with Gasteiger partial charge in [0.2, 0.25) is 0 Å². The first-order valence-corrected chi connectivity index (χ1v) is 10.8. The van der Waals surface area contributed by atoms with E-state index >= 15 is 0 Å². The molecule has 0 amide bonds. The molecule has 0 saturated carbocycles. The molecule has 0 fully saturated rings. The number of hydrogen-bond donors (Lipinski definition) is 1. The van der Waals surface area contributed by atoms with Gasteiger partial charge in [-0.1, -0.05) is 54.6 Å². The summed E-state index contributed by atoms with van der Waals surface area (Å²) in [5, 5.41) is 9.83. The zero-order valence-corrected chi connectivity index (χ0v) is 19.1. The van der Waals surface area contributed by atoms with Crippen molar-refractivity contribution in [3.05, 3.63) is 89.5 Å². The van der Waals surface area contributed by atoms with Crippen LogP contribution >= 0.6 is 0 Å². The summed E-state index contributed by atoms with van der Waals surface area (Å²) in [6.07, 6.45) is 0.0245. The summed E-state index contributed by atoms with van der Waals surface area (Å²) < 4.78 is 11.9. The number of nitrogens with zero attached hydrogens (tertiary/aromatic N) is 1. The van der Waals surface area contributed by atoms with E-state index in [0.717, 1.165) is 29.2 Å². The van der Waals surface area contributed by atoms with Crippen LogP contribution in [0.2, 0.25) is 0 Å². The summed E-state index contributed by atoms with van der Waals surface area (Å²) in [6, 6.07) is 24.3. The Balaban J connectivity index is 2.03. The Bertz CT molecular complexity index is 954. The third kappa shape index (κ3) is 5.59. The molecule has 2 atom stereocenters. The van der Waals surface area contributed by atoms with Gasteiger partial charge in [0.05, 0.1) is 13.2 Å². The standard InChI is InChI=1S/C27H33NO3/c1-19(2)31-27-24(12-9-13-26(27)30-5)25(22-14-16-23(29)17-15-22)18-28(4)20(3)21-10-7-6-8-11-21/h6-17,19-20,25,29H,18H2,1-5H3/t20-,25+/m1/s1. The lowest BCUT2D eigenvalue weighted by Crippen LogP contribution is -2.28. The maximum Gasteiger partial charge on any atom is 0.165 e. The van der Waals surface area contributed by atoms with Crippen LogP contribution in [0.15, 0.2) is 72.8 Å². The van der Waals surface area contributed by atoms with E-state index in [1.54, 1.807) is 19.2 Å². The third-order valence-electron chi connectivity index (χ3n) is 5.67. The van der Waals surface area contributed by atoms with Crippen LogP contribution in [-0.4, -0.2) is 36.8 Å². The number of rotatable bonds is 9. The smallest absolute Gasteiger partial charge is 0.165 e. The van der Waals surface area contributed by atoms with Gasteiger partial charge < -0.3 is 14.6 Å². The summed E-state index contributed by atoms with van der Waals surface area (Å²) in [5.74, 6) is 1.81. The second-order valence-corrected chi connectivity index (χ2v) is 8.22. The Kier molecular flexibility index (Phi) is 7.59. The summed E-state index contributed by atoms with van der Waals surface area (Å²) in [5.41, 5.74) is 3.47. The second kappa shape index (κ2) is 10.4. The highest BCUT2D eigenvalue weighted by atomic mass is 16.5. The molecule has 3 aromatic rings. The average Bonchev–Trinajstić information content (AvgIpc) is 2.78. The minimum absolute atomic E-state index is 0.0245. The maximum atomic E-state index is 9.83. The molecule has 4 nitrogen and oxygen atoms in total. The van der Waals surface area contributed by atoms with Crippen LogP contribution in [0.4, 0.5) is 0 Å². The van der Waals surface area contributed by atoms with E-state index < -0.39 is 0 Å². The Morgan fingerprint density at radius 1 is 0.839 bits per heavy atom. The van der Waals surface area contributed by atoms with Crippen molar-refractivity contribution in [1.82, 2.24) is 4.90 Å². The molecule has 0 aromatic heterocycles. The molecular formula is C27H33NO3. The van der Waals surface area contributed by atoms with E-state index in [0.29, 0.717) is 0 Å². The molecule has 0 aliphatic heterocycles. The summed E-state index contributed by atoms with van der Waals surface area (Å²) in [4.78, 5) is 2.35. The van der Waals surface area contributed by atoms with Crippen molar-refractivity contribution in [1.29, 1.82) is 0 Å². The van der Waals surface area contributed by atoms with Gasteiger partial charge in [-0.15, -0.1) is 0 Å². The highest BCUT2D eigenvalue weighted by Gasteiger charge is 2.25. The Hall–Kier alpha value is -2.98. The van der Waals surface area contributed by atoms with Gasteiger partial charge in [-0.2, -0.15) is 0 Å². The average molecular weight is 420 g/mol. The van der Waals surface area contributed by atoms with E-state index in [-0.39, 0.29) is 23.8 Å². The van der Waals surface area contributed by atoms with Crippen LogP contribution in [0.1, 0.15) is 49.4 Å². The Morgan fingerprint density at radius 3 is 2.13 bits per heavy atom. The molecule has 0 unspecified atom stereocenters. The molecule has 0 saturated heterocycles. The molecule has 3 aromatic carbocycles. The first kappa shape index (κ1) is 22.7.